The van der Waals surface area contributed by atoms with Crippen molar-refractivity contribution in [1.82, 2.24) is 0 Å². The molecule has 0 saturated heterocycles. The summed E-state index contributed by atoms with van der Waals surface area (Å²) in [6, 6.07) is 5.38. The number of hydrogen-bond acceptors (Lipinski definition) is 4. The highest BCUT2D eigenvalue weighted by Crippen LogP contribution is 2.17. The van der Waals surface area contributed by atoms with Gasteiger partial charge >= 0.3 is 0 Å². The predicted octanol–water partition coefficient (Wildman–Crippen LogP) is 2.65. The van der Waals surface area contributed by atoms with Crippen LogP contribution in [0, 0.1) is 10.1 Å². The summed E-state index contributed by atoms with van der Waals surface area (Å²) in [5.74, 6) is -0.727. The molecule has 6 nitrogen and oxygen atoms in total. The molecular weight excluding hydrogens is 272 g/mol. The van der Waals surface area contributed by atoms with Crippen LogP contribution >= 0.6 is 0 Å². The lowest BCUT2D eigenvalue weighted by atomic mass is 9.97. The van der Waals surface area contributed by atoms with E-state index in [-0.39, 0.29) is 17.0 Å². The summed E-state index contributed by atoms with van der Waals surface area (Å²) in [5, 5.41) is 10.7. The number of carbonyl (C=O) groups excluding carboxylic acids is 2. The minimum Gasteiger partial charge on any atom is -0.290 e. The first-order chi connectivity index (χ1) is 9.88. The summed E-state index contributed by atoms with van der Waals surface area (Å²) in [5.41, 5.74) is 1.58. The zero-order chi connectivity index (χ0) is 15.6. The maximum atomic E-state index is 12.1. The van der Waals surface area contributed by atoms with Crippen LogP contribution in [0.1, 0.15) is 24.2 Å². The molecule has 21 heavy (non-hydrogen) atoms. The van der Waals surface area contributed by atoms with E-state index < -0.39 is 10.8 Å². The van der Waals surface area contributed by atoms with Crippen LogP contribution in [0.3, 0.4) is 0 Å². The highest BCUT2D eigenvalue weighted by Gasteiger charge is 2.16. The van der Waals surface area contributed by atoms with Gasteiger partial charge in [-0.25, -0.2) is 4.99 Å². The van der Waals surface area contributed by atoms with Crippen molar-refractivity contribution < 1.29 is 14.5 Å². The number of nitro groups is 1. The number of non-ortho nitro benzene ring substituents is 1. The molecule has 0 aliphatic heterocycles. The molecule has 0 saturated carbocycles. The summed E-state index contributed by atoms with van der Waals surface area (Å²) >= 11 is 0. The fraction of sp³-hybridized carbons (Fsp3) is 0.133. The molecule has 1 amide bonds. The topological polar surface area (TPSA) is 89.6 Å². The standard InChI is InChI=1S/C15H12N2O4/c1-9-6-13(18)7-10(2)14(9)16-15(19)11-4-3-5-12(8-11)17(20)21/h3-8H,1-2H3. The Bertz CT molecular complexity index is 718. The van der Waals surface area contributed by atoms with Crippen molar-refractivity contribution >= 4 is 23.1 Å². The van der Waals surface area contributed by atoms with Gasteiger partial charge in [0.15, 0.2) is 5.78 Å². The number of benzene rings is 1. The lowest BCUT2D eigenvalue weighted by molar-refractivity contribution is -0.384. The van der Waals surface area contributed by atoms with Crippen molar-refractivity contribution in [3.63, 3.8) is 0 Å². The second kappa shape index (κ2) is 5.62. The SMILES string of the molecule is CC1=CC(=O)C=C(C)C1=NC(=O)c1cccc([N+](=O)[O-])c1. The van der Waals surface area contributed by atoms with Gasteiger partial charge in [0, 0.05) is 17.7 Å². The fourth-order valence-electron chi connectivity index (χ4n) is 2.01. The largest absolute Gasteiger partial charge is 0.290 e. The molecule has 0 bridgehead atoms. The summed E-state index contributed by atoms with van der Waals surface area (Å²) in [4.78, 5) is 37.6. The fourth-order valence-corrected chi connectivity index (χ4v) is 2.01. The van der Waals surface area contributed by atoms with Crippen LogP contribution in [0.4, 0.5) is 5.69 Å². The minimum absolute atomic E-state index is 0.134. The van der Waals surface area contributed by atoms with Gasteiger partial charge in [-0.2, -0.15) is 0 Å². The molecule has 0 fully saturated rings. The predicted molar refractivity (Wildman–Crippen MR) is 77.4 cm³/mol. The summed E-state index contributed by atoms with van der Waals surface area (Å²) < 4.78 is 0. The number of aliphatic imine (C=N–C) groups is 1. The number of rotatable bonds is 2. The summed E-state index contributed by atoms with van der Waals surface area (Å²) in [6.45, 7) is 3.38. The Labute approximate surface area is 120 Å². The molecule has 1 aliphatic carbocycles. The van der Waals surface area contributed by atoms with Crippen LogP contribution in [0.25, 0.3) is 0 Å². The molecule has 0 aromatic heterocycles. The Morgan fingerprint density at radius 1 is 1.19 bits per heavy atom. The Morgan fingerprint density at radius 3 is 2.38 bits per heavy atom. The van der Waals surface area contributed by atoms with Crippen molar-refractivity contribution in [2.24, 2.45) is 4.99 Å². The summed E-state index contributed by atoms with van der Waals surface area (Å²) in [6.07, 6.45) is 2.79. The van der Waals surface area contributed by atoms with Gasteiger partial charge in [-0.3, -0.25) is 19.7 Å². The van der Waals surface area contributed by atoms with E-state index in [4.69, 9.17) is 0 Å². The van der Waals surface area contributed by atoms with Gasteiger partial charge in [0.2, 0.25) is 0 Å². The van der Waals surface area contributed by atoms with Crippen molar-refractivity contribution in [3.8, 4) is 0 Å². The van der Waals surface area contributed by atoms with Gasteiger partial charge in [-0.15, -0.1) is 0 Å². The molecule has 0 spiro atoms. The third-order valence-corrected chi connectivity index (χ3v) is 2.98. The molecule has 1 aromatic carbocycles. The van der Waals surface area contributed by atoms with E-state index in [0.717, 1.165) is 0 Å². The number of amides is 1. The van der Waals surface area contributed by atoms with E-state index in [1.54, 1.807) is 13.8 Å². The quantitative estimate of drug-likeness (QED) is 0.474. The maximum absolute atomic E-state index is 12.1. The first-order valence-corrected chi connectivity index (χ1v) is 6.17. The van der Waals surface area contributed by atoms with E-state index in [9.17, 15) is 19.7 Å². The van der Waals surface area contributed by atoms with Crippen LogP contribution in [0.15, 0.2) is 52.6 Å². The van der Waals surface area contributed by atoms with Gasteiger partial charge in [0.25, 0.3) is 11.6 Å². The number of nitrogens with zero attached hydrogens (tertiary/aromatic N) is 2. The van der Waals surface area contributed by atoms with Crippen LogP contribution in [0.5, 0.6) is 0 Å². The molecule has 0 atom stereocenters. The average molecular weight is 284 g/mol. The molecule has 1 aliphatic rings. The zero-order valence-electron chi connectivity index (χ0n) is 11.5. The second-order valence-electron chi connectivity index (χ2n) is 4.63. The van der Waals surface area contributed by atoms with Gasteiger partial charge in [0.05, 0.1) is 10.6 Å². The number of ketones is 1. The van der Waals surface area contributed by atoms with Crippen molar-refractivity contribution in [3.05, 3.63) is 63.2 Å². The number of nitro benzene ring substituents is 1. The lowest BCUT2D eigenvalue weighted by Gasteiger charge is -2.10. The van der Waals surface area contributed by atoms with E-state index in [1.807, 2.05) is 0 Å². The van der Waals surface area contributed by atoms with E-state index in [2.05, 4.69) is 4.99 Å². The van der Waals surface area contributed by atoms with Gasteiger partial charge in [-0.05, 0) is 43.2 Å². The van der Waals surface area contributed by atoms with E-state index in [1.165, 1.54) is 36.4 Å². The Hall–Kier alpha value is -2.89. The van der Waals surface area contributed by atoms with Gasteiger partial charge < -0.3 is 0 Å². The first kappa shape index (κ1) is 14.5. The Kier molecular flexibility index (Phi) is 3.89. The molecule has 6 heteroatoms. The maximum Gasteiger partial charge on any atom is 0.277 e. The smallest absolute Gasteiger partial charge is 0.277 e. The second-order valence-corrected chi connectivity index (χ2v) is 4.63. The molecule has 106 valence electrons. The monoisotopic (exact) mass is 284 g/mol. The molecule has 1 aromatic rings. The zero-order valence-corrected chi connectivity index (χ0v) is 11.5. The van der Waals surface area contributed by atoms with Gasteiger partial charge in [0.1, 0.15) is 0 Å². The first-order valence-electron chi connectivity index (χ1n) is 6.17. The van der Waals surface area contributed by atoms with Crippen molar-refractivity contribution in [2.45, 2.75) is 13.8 Å². The van der Waals surface area contributed by atoms with Crippen LogP contribution < -0.4 is 0 Å². The molecule has 0 unspecified atom stereocenters. The average Bonchev–Trinajstić information content (AvgIpc) is 2.42. The molecule has 0 N–H and O–H groups in total. The van der Waals surface area contributed by atoms with Crippen molar-refractivity contribution in [1.29, 1.82) is 0 Å². The third-order valence-electron chi connectivity index (χ3n) is 2.98. The minimum atomic E-state index is -0.580. The molecule has 2 rings (SSSR count). The Balaban J connectivity index is 2.37. The number of allylic oxidation sites excluding steroid dienone is 4. The van der Waals surface area contributed by atoms with Crippen LogP contribution in [-0.4, -0.2) is 22.3 Å². The number of hydrogen-bond donors (Lipinski definition) is 0. The van der Waals surface area contributed by atoms with Crippen LogP contribution in [-0.2, 0) is 4.79 Å². The summed E-state index contributed by atoms with van der Waals surface area (Å²) in [7, 11) is 0. The molecular formula is C15H12N2O4. The molecule has 0 heterocycles. The third kappa shape index (κ3) is 3.17. The van der Waals surface area contributed by atoms with Crippen molar-refractivity contribution in [2.75, 3.05) is 0 Å². The van der Waals surface area contributed by atoms with E-state index in [0.29, 0.717) is 16.9 Å². The normalized spacial score (nSPS) is 14.4. The van der Waals surface area contributed by atoms with E-state index >= 15 is 0 Å². The van der Waals surface area contributed by atoms with Crippen LogP contribution in [0.2, 0.25) is 0 Å². The Morgan fingerprint density at radius 2 is 1.81 bits per heavy atom. The highest BCUT2D eigenvalue weighted by molar-refractivity contribution is 6.25. The number of carbonyl (C=O) groups is 2. The highest BCUT2D eigenvalue weighted by atomic mass is 16.6. The van der Waals surface area contributed by atoms with Gasteiger partial charge in [-0.1, -0.05) is 6.07 Å². The lowest BCUT2D eigenvalue weighted by Crippen LogP contribution is -2.13. The molecule has 0 radical (unpaired) electrons.